The van der Waals surface area contributed by atoms with Crippen molar-refractivity contribution in [3.63, 3.8) is 0 Å². The lowest BCUT2D eigenvalue weighted by Gasteiger charge is -2.36. The number of nitrogens with zero attached hydrogens (tertiary/aromatic N) is 5. The topological polar surface area (TPSA) is 93.7 Å². The normalized spacial score (nSPS) is 19.1. The molecule has 1 atom stereocenters. The van der Waals surface area contributed by atoms with Crippen molar-refractivity contribution in [3.05, 3.63) is 40.6 Å². The minimum Gasteiger partial charge on any atom is -0.444 e. The Morgan fingerprint density at radius 1 is 1.25 bits per heavy atom. The summed E-state index contributed by atoms with van der Waals surface area (Å²) in [5.74, 6) is 0.956. The van der Waals surface area contributed by atoms with E-state index in [1.165, 1.54) is 6.07 Å². The van der Waals surface area contributed by atoms with Crippen LogP contribution >= 0.6 is 11.8 Å². The number of thioether (sulfide) groups is 1. The molecule has 1 aromatic heterocycles. The molecule has 4 rings (SSSR count). The van der Waals surface area contributed by atoms with E-state index in [0.717, 1.165) is 37.0 Å². The molecule has 9 nitrogen and oxygen atoms in total. The van der Waals surface area contributed by atoms with Crippen LogP contribution in [0.1, 0.15) is 33.2 Å². The number of carbonyl (C=O) groups excluding carboxylic acids is 1. The number of amides is 1. The van der Waals surface area contributed by atoms with Gasteiger partial charge in [-0.1, -0.05) is 23.9 Å². The fourth-order valence-corrected chi connectivity index (χ4v) is 5.19. The number of fused-ring (bicyclic) bond motifs is 1. The van der Waals surface area contributed by atoms with E-state index in [2.05, 4.69) is 14.5 Å². The highest BCUT2D eigenvalue weighted by atomic mass is 32.2. The number of para-hydroxylation sites is 1. The monoisotopic (exact) mass is 459 g/mol. The Balaban J connectivity index is 1.33. The van der Waals surface area contributed by atoms with Gasteiger partial charge in [0.2, 0.25) is 0 Å². The average Bonchev–Trinajstić information content (AvgIpc) is 3.32. The van der Waals surface area contributed by atoms with Gasteiger partial charge in [-0.25, -0.2) is 9.78 Å². The van der Waals surface area contributed by atoms with Crippen molar-refractivity contribution in [3.8, 4) is 11.3 Å². The van der Waals surface area contributed by atoms with Crippen molar-refractivity contribution in [1.29, 1.82) is 0 Å². The first kappa shape index (κ1) is 22.6. The minimum absolute atomic E-state index is 0.0775. The summed E-state index contributed by atoms with van der Waals surface area (Å²) in [6, 6.07) is 7.05. The number of ether oxygens (including phenoxy) is 1. The molecule has 0 saturated carbocycles. The Morgan fingerprint density at radius 3 is 2.66 bits per heavy atom. The third kappa shape index (κ3) is 5.07. The predicted octanol–water partition coefficient (Wildman–Crippen LogP) is 4.05. The molecule has 3 heterocycles. The molecule has 0 bridgehead atoms. The molecule has 1 amide bonds. The Hall–Kier alpha value is -2.59. The van der Waals surface area contributed by atoms with Crippen molar-refractivity contribution in [2.75, 3.05) is 38.5 Å². The van der Waals surface area contributed by atoms with Crippen LogP contribution in [0.25, 0.3) is 11.3 Å². The van der Waals surface area contributed by atoms with E-state index < -0.39 is 5.60 Å². The first-order valence-electron chi connectivity index (χ1n) is 10.9. The van der Waals surface area contributed by atoms with Gasteiger partial charge in [0.1, 0.15) is 5.60 Å². The largest absolute Gasteiger partial charge is 0.444 e. The molecule has 172 valence electrons. The molecular formula is C22H29N5O4S. The highest BCUT2D eigenvalue weighted by Gasteiger charge is 2.29. The molecule has 32 heavy (non-hydrogen) atoms. The SMILES string of the molecule is CC(C)(C)OC(=O)N1CCN(CCC2CSc3nc(-c4ccccc4[N+](=O)[O-])cn32)CC1. The Morgan fingerprint density at radius 2 is 1.97 bits per heavy atom. The third-order valence-corrected chi connectivity index (χ3v) is 6.79. The van der Waals surface area contributed by atoms with E-state index in [4.69, 9.17) is 4.74 Å². The van der Waals surface area contributed by atoms with Gasteiger partial charge in [-0.3, -0.25) is 15.0 Å². The summed E-state index contributed by atoms with van der Waals surface area (Å²) in [5, 5.41) is 12.3. The van der Waals surface area contributed by atoms with Crippen molar-refractivity contribution >= 4 is 23.5 Å². The lowest BCUT2D eigenvalue weighted by atomic mass is 10.1. The number of carbonyl (C=O) groups is 1. The van der Waals surface area contributed by atoms with Gasteiger partial charge in [0, 0.05) is 56.8 Å². The summed E-state index contributed by atoms with van der Waals surface area (Å²) >= 11 is 1.70. The van der Waals surface area contributed by atoms with Gasteiger partial charge in [-0.05, 0) is 33.3 Å². The number of nitro benzene ring substituents is 1. The van der Waals surface area contributed by atoms with Crippen molar-refractivity contribution in [2.45, 2.75) is 44.0 Å². The van der Waals surface area contributed by atoms with E-state index >= 15 is 0 Å². The van der Waals surface area contributed by atoms with Gasteiger partial charge in [0.05, 0.1) is 16.2 Å². The zero-order chi connectivity index (χ0) is 22.9. The maximum atomic E-state index is 12.2. The average molecular weight is 460 g/mol. The summed E-state index contributed by atoms with van der Waals surface area (Å²) < 4.78 is 7.63. The molecule has 2 aliphatic heterocycles. The number of rotatable bonds is 5. The van der Waals surface area contributed by atoms with E-state index in [1.54, 1.807) is 34.9 Å². The maximum Gasteiger partial charge on any atom is 0.410 e. The zero-order valence-electron chi connectivity index (χ0n) is 18.7. The predicted molar refractivity (Wildman–Crippen MR) is 123 cm³/mol. The molecule has 2 aliphatic rings. The number of imidazole rings is 1. The Labute approximate surface area is 191 Å². The number of piperazine rings is 1. The highest BCUT2D eigenvalue weighted by molar-refractivity contribution is 7.99. The molecule has 2 aromatic rings. The van der Waals surface area contributed by atoms with Gasteiger partial charge in [0.15, 0.2) is 5.16 Å². The van der Waals surface area contributed by atoms with Crippen LogP contribution in [0.15, 0.2) is 35.6 Å². The molecule has 1 fully saturated rings. The quantitative estimate of drug-likeness (QED) is 0.492. The fourth-order valence-electron chi connectivity index (χ4n) is 4.01. The molecule has 0 N–H and O–H groups in total. The van der Waals surface area contributed by atoms with E-state index in [1.807, 2.05) is 27.0 Å². The molecule has 0 radical (unpaired) electrons. The molecule has 0 aliphatic carbocycles. The van der Waals surface area contributed by atoms with E-state index in [9.17, 15) is 14.9 Å². The summed E-state index contributed by atoms with van der Waals surface area (Å²) in [7, 11) is 0. The lowest BCUT2D eigenvalue weighted by molar-refractivity contribution is -0.384. The summed E-state index contributed by atoms with van der Waals surface area (Å²) in [6.07, 6.45) is 2.68. The Kier molecular flexibility index (Phi) is 6.43. The van der Waals surface area contributed by atoms with Gasteiger partial charge in [-0.2, -0.15) is 0 Å². The number of nitro groups is 1. The molecule has 10 heteroatoms. The molecule has 1 aromatic carbocycles. The number of aromatic nitrogens is 2. The standard InChI is InChI=1S/C22H29N5O4S/c1-22(2,3)31-21(28)25-12-10-24(11-13-25)9-8-16-15-32-20-23-18(14-26(16)20)17-6-4-5-7-19(17)27(29)30/h4-7,14,16H,8-13,15H2,1-3H3. The van der Waals surface area contributed by atoms with Crippen LogP contribution in [-0.4, -0.2) is 74.4 Å². The molecular weight excluding hydrogens is 430 g/mol. The van der Waals surface area contributed by atoms with Crippen LogP contribution in [0, 0.1) is 10.1 Å². The van der Waals surface area contributed by atoms with Gasteiger partial charge < -0.3 is 14.2 Å². The summed E-state index contributed by atoms with van der Waals surface area (Å²) in [4.78, 5) is 32.1. The van der Waals surface area contributed by atoms with Crippen molar-refractivity contribution in [2.24, 2.45) is 0 Å². The Bertz CT molecular complexity index is 994. The van der Waals surface area contributed by atoms with Crippen LogP contribution < -0.4 is 0 Å². The zero-order valence-corrected chi connectivity index (χ0v) is 19.5. The van der Waals surface area contributed by atoms with Crippen molar-refractivity contribution in [1.82, 2.24) is 19.4 Å². The lowest BCUT2D eigenvalue weighted by Crippen LogP contribution is -2.50. The van der Waals surface area contributed by atoms with E-state index in [-0.39, 0.29) is 16.7 Å². The number of hydrogen-bond acceptors (Lipinski definition) is 7. The summed E-state index contributed by atoms with van der Waals surface area (Å²) in [5.41, 5.74) is 0.803. The fraction of sp³-hybridized carbons (Fsp3) is 0.545. The molecule has 1 saturated heterocycles. The first-order chi connectivity index (χ1) is 15.2. The van der Waals surface area contributed by atoms with Gasteiger partial charge in [0.25, 0.3) is 5.69 Å². The van der Waals surface area contributed by atoms with Crippen LogP contribution in [0.4, 0.5) is 10.5 Å². The van der Waals surface area contributed by atoms with Gasteiger partial charge in [-0.15, -0.1) is 0 Å². The number of benzene rings is 1. The molecule has 0 spiro atoms. The second-order valence-electron chi connectivity index (χ2n) is 9.15. The van der Waals surface area contributed by atoms with Crippen LogP contribution in [-0.2, 0) is 4.74 Å². The van der Waals surface area contributed by atoms with Crippen LogP contribution in [0.3, 0.4) is 0 Å². The number of hydrogen-bond donors (Lipinski definition) is 0. The minimum atomic E-state index is -0.476. The van der Waals surface area contributed by atoms with Gasteiger partial charge >= 0.3 is 6.09 Å². The van der Waals surface area contributed by atoms with Crippen molar-refractivity contribution < 1.29 is 14.5 Å². The maximum absolute atomic E-state index is 12.2. The highest BCUT2D eigenvalue weighted by Crippen LogP contribution is 2.38. The third-order valence-electron chi connectivity index (χ3n) is 5.68. The second-order valence-corrected chi connectivity index (χ2v) is 10.1. The van der Waals surface area contributed by atoms with Crippen LogP contribution in [0.5, 0.6) is 0 Å². The van der Waals surface area contributed by atoms with E-state index in [0.29, 0.717) is 30.4 Å². The first-order valence-corrected chi connectivity index (χ1v) is 11.9. The smallest absolute Gasteiger partial charge is 0.410 e. The van der Waals surface area contributed by atoms with Crippen LogP contribution in [0.2, 0.25) is 0 Å². The second kappa shape index (κ2) is 9.11. The summed E-state index contributed by atoms with van der Waals surface area (Å²) in [6.45, 7) is 9.59. The molecule has 1 unspecified atom stereocenters.